The van der Waals surface area contributed by atoms with Crippen molar-refractivity contribution in [2.45, 2.75) is 0 Å². The Hall–Kier alpha value is -3.42. The van der Waals surface area contributed by atoms with Crippen LogP contribution in [0.3, 0.4) is 0 Å². The van der Waals surface area contributed by atoms with Crippen LogP contribution in [0.25, 0.3) is 0 Å². The standard InChI is InChI=1S/C15H11N3O5/c19-15(11-5-1-2-6-12(11)18(20)21)17-16-8-10-4-3-7-13-14(10)23-9-22-13/h1-8H,9H2,(H,17,19)/b16-8+. The number of hydrogen-bond acceptors (Lipinski definition) is 6. The van der Waals surface area contributed by atoms with Crippen molar-refractivity contribution >= 4 is 17.8 Å². The molecule has 0 bridgehead atoms. The lowest BCUT2D eigenvalue weighted by molar-refractivity contribution is -0.385. The number of nitro groups is 1. The Kier molecular flexibility index (Phi) is 3.88. The van der Waals surface area contributed by atoms with Gasteiger partial charge in [0.05, 0.1) is 11.1 Å². The Labute approximate surface area is 130 Å². The molecule has 116 valence electrons. The molecule has 0 aromatic heterocycles. The van der Waals surface area contributed by atoms with Gasteiger partial charge in [0.1, 0.15) is 5.56 Å². The lowest BCUT2D eigenvalue weighted by atomic mass is 10.2. The molecule has 3 rings (SSSR count). The minimum absolute atomic E-state index is 0.0625. The summed E-state index contributed by atoms with van der Waals surface area (Å²) in [5.41, 5.74) is 2.55. The molecular formula is C15H11N3O5. The fraction of sp³-hybridized carbons (Fsp3) is 0.0667. The molecule has 8 nitrogen and oxygen atoms in total. The van der Waals surface area contributed by atoms with Crippen molar-refractivity contribution < 1.29 is 19.2 Å². The highest BCUT2D eigenvalue weighted by molar-refractivity contribution is 5.98. The summed E-state index contributed by atoms with van der Waals surface area (Å²) < 4.78 is 10.5. The van der Waals surface area contributed by atoms with Crippen molar-refractivity contribution in [3.63, 3.8) is 0 Å². The SMILES string of the molecule is O=C(N/N=C/c1cccc2c1OCO2)c1ccccc1[N+](=O)[O-]. The van der Waals surface area contributed by atoms with Gasteiger partial charge in [-0.2, -0.15) is 5.10 Å². The molecule has 0 saturated carbocycles. The summed E-state index contributed by atoms with van der Waals surface area (Å²) in [6.45, 7) is 0.128. The molecule has 0 aliphatic carbocycles. The Balaban J connectivity index is 1.75. The molecule has 8 heteroatoms. The zero-order valence-corrected chi connectivity index (χ0v) is 11.8. The van der Waals surface area contributed by atoms with E-state index in [9.17, 15) is 14.9 Å². The summed E-state index contributed by atoms with van der Waals surface area (Å²) in [4.78, 5) is 22.3. The van der Waals surface area contributed by atoms with Gasteiger partial charge in [0.2, 0.25) is 6.79 Å². The maximum absolute atomic E-state index is 12.0. The van der Waals surface area contributed by atoms with Gasteiger partial charge in [0.15, 0.2) is 11.5 Å². The van der Waals surface area contributed by atoms with Crippen LogP contribution in [-0.4, -0.2) is 23.8 Å². The molecule has 0 saturated heterocycles. The molecule has 23 heavy (non-hydrogen) atoms. The molecular weight excluding hydrogens is 302 g/mol. The minimum atomic E-state index is -0.668. The number of hydrazone groups is 1. The lowest BCUT2D eigenvalue weighted by Gasteiger charge is -2.02. The maximum Gasteiger partial charge on any atom is 0.282 e. The Morgan fingerprint density at radius 2 is 2.04 bits per heavy atom. The molecule has 0 atom stereocenters. The van der Waals surface area contributed by atoms with E-state index in [0.29, 0.717) is 17.1 Å². The van der Waals surface area contributed by atoms with E-state index in [2.05, 4.69) is 10.5 Å². The number of para-hydroxylation sites is 2. The van der Waals surface area contributed by atoms with Crippen LogP contribution in [-0.2, 0) is 0 Å². The van der Waals surface area contributed by atoms with Gasteiger partial charge < -0.3 is 9.47 Å². The van der Waals surface area contributed by atoms with E-state index < -0.39 is 10.8 Å². The minimum Gasteiger partial charge on any atom is -0.454 e. The van der Waals surface area contributed by atoms with Crippen molar-refractivity contribution in [1.29, 1.82) is 0 Å². The topological polar surface area (TPSA) is 103 Å². The van der Waals surface area contributed by atoms with E-state index in [1.165, 1.54) is 24.4 Å². The Morgan fingerprint density at radius 1 is 1.22 bits per heavy atom. The van der Waals surface area contributed by atoms with Crippen LogP contribution in [0, 0.1) is 10.1 Å². The molecule has 1 N–H and O–H groups in total. The van der Waals surface area contributed by atoms with Gasteiger partial charge >= 0.3 is 0 Å². The van der Waals surface area contributed by atoms with E-state index in [4.69, 9.17) is 9.47 Å². The molecule has 0 spiro atoms. The summed E-state index contributed by atoms with van der Waals surface area (Å²) in [7, 11) is 0. The van der Waals surface area contributed by atoms with Gasteiger partial charge in [-0.3, -0.25) is 14.9 Å². The second-order valence-electron chi connectivity index (χ2n) is 4.55. The van der Waals surface area contributed by atoms with E-state index in [1.807, 2.05) is 0 Å². The third-order valence-corrected chi connectivity index (χ3v) is 3.14. The van der Waals surface area contributed by atoms with E-state index in [0.717, 1.165) is 0 Å². The van der Waals surface area contributed by atoms with E-state index >= 15 is 0 Å². The smallest absolute Gasteiger partial charge is 0.282 e. The van der Waals surface area contributed by atoms with Crippen LogP contribution in [0.4, 0.5) is 5.69 Å². The number of nitrogens with zero attached hydrogens (tertiary/aromatic N) is 2. The van der Waals surface area contributed by atoms with Crippen molar-refractivity contribution in [2.75, 3.05) is 6.79 Å². The molecule has 1 aliphatic heterocycles. The van der Waals surface area contributed by atoms with Crippen LogP contribution in [0.15, 0.2) is 47.6 Å². The number of benzene rings is 2. The second kappa shape index (κ2) is 6.14. The van der Waals surface area contributed by atoms with E-state index in [1.54, 1.807) is 24.3 Å². The summed E-state index contributed by atoms with van der Waals surface area (Å²) in [5, 5.41) is 14.7. The van der Waals surface area contributed by atoms with Gasteiger partial charge in [-0.25, -0.2) is 5.43 Å². The highest BCUT2D eigenvalue weighted by Gasteiger charge is 2.19. The first kappa shape index (κ1) is 14.5. The number of carbonyl (C=O) groups is 1. The number of amides is 1. The third-order valence-electron chi connectivity index (χ3n) is 3.14. The number of nitrogens with one attached hydrogen (secondary N) is 1. The Morgan fingerprint density at radius 3 is 2.87 bits per heavy atom. The van der Waals surface area contributed by atoms with Crippen LogP contribution < -0.4 is 14.9 Å². The lowest BCUT2D eigenvalue weighted by Crippen LogP contribution is -2.19. The van der Waals surface area contributed by atoms with Crippen LogP contribution in [0.2, 0.25) is 0 Å². The van der Waals surface area contributed by atoms with Gasteiger partial charge in [-0.15, -0.1) is 0 Å². The quantitative estimate of drug-likeness (QED) is 0.529. The molecule has 2 aromatic carbocycles. The monoisotopic (exact) mass is 313 g/mol. The molecule has 1 heterocycles. The number of fused-ring (bicyclic) bond motifs is 1. The molecule has 1 aliphatic rings. The van der Waals surface area contributed by atoms with Crippen molar-refractivity contribution in [3.05, 3.63) is 63.7 Å². The summed E-state index contributed by atoms with van der Waals surface area (Å²) in [6.07, 6.45) is 1.39. The average Bonchev–Trinajstić information content (AvgIpc) is 3.04. The van der Waals surface area contributed by atoms with Gasteiger partial charge in [0.25, 0.3) is 11.6 Å². The van der Waals surface area contributed by atoms with Crippen molar-refractivity contribution in [2.24, 2.45) is 5.10 Å². The number of ether oxygens (including phenoxy) is 2. The number of rotatable bonds is 4. The van der Waals surface area contributed by atoms with Crippen molar-refractivity contribution in [3.8, 4) is 11.5 Å². The van der Waals surface area contributed by atoms with Crippen LogP contribution in [0.1, 0.15) is 15.9 Å². The molecule has 0 unspecified atom stereocenters. The van der Waals surface area contributed by atoms with Gasteiger partial charge in [0, 0.05) is 11.6 Å². The zero-order valence-electron chi connectivity index (χ0n) is 11.8. The molecule has 0 fully saturated rings. The van der Waals surface area contributed by atoms with Crippen LogP contribution >= 0.6 is 0 Å². The first-order chi connectivity index (χ1) is 11.2. The second-order valence-corrected chi connectivity index (χ2v) is 4.55. The Bertz CT molecular complexity index is 803. The van der Waals surface area contributed by atoms with Gasteiger partial charge in [-0.1, -0.05) is 18.2 Å². The molecule has 0 radical (unpaired) electrons. The summed E-state index contributed by atoms with van der Waals surface area (Å²) in [6, 6.07) is 10.9. The van der Waals surface area contributed by atoms with Gasteiger partial charge in [-0.05, 0) is 18.2 Å². The maximum atomic E-state index is 12.0. The highest BCUT2D eigenvalue weighted by Crippen LogP contribution is 2.34. The third kappa shape index (κ3) is 2.95. The normalized spacial score (nSPS) is 12.3. The predicted molar refractivity (Wildman–Crippen MR) is 80.7 cm³/mol. The fourth-order valence-corrected chi connectivity index (χ4v) is 2.10. The predicted octanol–water partition coefficient (Wildman–Crippen LogP) is 2.09. The first-order valence-corrected chi connectivity index (χ1v) is 6.62. The number of hydrogen-bond donors (Lipinski definition) is 1. The van der Waals surface area contributed by atoms with E-state index in [-0.39, 0.29) is 18.0 Å². The molecule has 2 aromatic rings. The average molecular weight is 313 g/mol. The largest absolute Gasteiger partial charge is 0.454 e. The van der Waals surface area contributed by atoms with Crippen molar-refractivity contribution in [1.82, 2.24) is 5.43 Å². The van der Waals surface area contributed by atoms with Crippen LogP contribution in [0.5, 0.6) is 11.5 Å². The zero-order chi connectivity index (χ0) is 16.2. The number of nitro benzene ring substituents is 1. The summed E-state index contributed by atoms with van der Waals surface area (Å²) >= 11 is 0. The fourth-order valence-electron chi connectivity index (χ4n) is 2.10. The number of carbonyl (C=O) groups excluding carboxylic acids is 1. The summed E-state index contributed by atoms with van der Waals surface area (Å²) in [5.74, 6) is 0.466. The highest BCUT2D eigenvalue weighted by atomic mass is 16.7. The first-order valence-electron chi connectivity index (χ1n) is 6.62. The molecule has 1 amide bonds.